The van der Waals surface area contributed by atoms with E-state index < -0.39 is 11.9 Å². The Balaban J connectivity index is 1.85. The Labute approximate surface area is 158 Å². The van der Waals surface area contributed by atoms with Crippen LogP contribution < -0.4 is 10.1 Å². The van der Waals surface area contributed by atoms with E-state index >= 15 is 0 Å². The van der Waals surface area contributed by atoms with Gasteiger partial charge in [-0.3, -0.25) is 4.79 Å². The van der Waals surface area contributed by atoms with E-state index in [0.717, 1.165) is 5.56 Å². The molecule has 0 fully saturated rings. The molecule has 0 saturated heterocycles. The molecule has 0 spiro atoms. The molecule has 138 valence electrons. The van der Waals surface area contributed by atoms with Crippen molar-refractivity contribution >= 4 is 23.5 Å². The molecule has 2 rings (SSSR count). The lowest BCUT2D eigenvalue weighted by molar-refractivity contribution is -0.124. The van der Waals surface area contributed by atoms with Crippen LogP contribution in [0.2, 0.25) is 5.02 Å². The number of benzene rings is 2. The van der Waals surface area contributed by atoms with Crippen molar-refractivity contribution in [1.29, 1.82) is 0 Å². The summed E-state index contributed by atoms with van der Waals surface area (Å²) in [7, 11) is 0. The molecule has 0 bridgehead atoms. The Morgan fingerprint density at radius 1 is 1.04 bits per heavy atom. The van der Waals surface area contributed by atoms with Crippen LogP contribution in [0.4, 0.5) is 0 Å². The summed E-state index contributed by atoms with van der Waals surface area (Å²) in [4.78, 5) is 24.0. The highest BCUT2D eigenvalue weighted by Crippen LogP contribution is 2.22. The summed E-state index contributed by atoms with van der Waals surface area (Å²) in [6, 6.07) is 13.5. The van der Waals surface area contributed by atoms with Gasteiger partial charge in [-0.1, -0.05) is 29.8 Å². The number of esters is 1. The molecule has 1 amide bonds. The standard InChI is InChI=1S/C20H22ClNO4/c1-13(2)26-16-10-8-15(9-11-16)20(24)25-12-19(23)22-14(3)17-6-4-5-7-18(17)21/h4-11,13-14H,12H2,1-3H3,(H,22,23)/t14-/m1/s1. The molecule has 2 aromatic carbocycles. The van der Waals surface area contributed by atoms with Gasteiger partial charge >= 0.3 is 5.97 Å². The average Bonchev–Trinajstić information content (AvgIpc) is 2.60. The predicted molar refractivity (Wildman–Crippen MR) is 100 cm³/mol. The highest BCUT2D eigenvalue weighted by atomic mass is 35.5. The molecule has 0 aliphatic rings. The highest BCUT2D eigenvalue weighted by Gasteiger charge is 2.15. The highest BCUT2D eigenvalue weighted by molar-refractivity contribution is 6.31. The van der Waals surface area contributed by atoms with Crippen LogP contribution in [0, 0.1) is 0 Å². The molecule has 5 nitrogen and oxygen atoms in total. The van der Waals surface area contributed by atoms with Gasteiger partial charge in [0.05, 0.1) is 17.7 Å². The maximum absolute atomic E-state index is 12.0. The van der Waals surface area contributed by atoms with E-state index in [-0.39, 0.29) is 18.8 Å². The third kappa shape index (κ3) is 5.77. The molecule has 1 atom stereocenters. The van der Waals surface area contributed by atoms with Crippen molar-refractivity contribution in [3.8, 4) is 5.75 Å². The van der Waals surface area contributed by atoms with Gasteiger partial charge in [0, 0.05) is 5.02 Å². The van der Waals surface area contributed by atoms with Gasteiger partial charge in [0.2, 0.25) is 0 Å². The zero-order valence-electron chi connectivity index (χ0n) is 15.0. The molecule has 1 N–H and O–H groups in total. The summed E-state index contributed by atoms with van der Waals surface area (Å²) in [6.45, 7) is 5.29. The second-order valence-electron chi connectivity index (χ2n) is 6.08. The number of rotatable bonds is 7. The van der Waals surface area contributed by atoms with Crippen molar-refractivity contribution in [2.24, 2.45) is 0 Å². The lowest BCUT2D eigenvalue weighted by Crippen LogP contribution is -2.31. The van der Waals surface area contributed by atoms with E-state index in [9.17, 15) is 9.59 Å². The molecule has 0 aromatic heterocycles. The van der Waals surface area contributed by atoms with Crippen molar-refractivity contribution in [3.05, 3.63) is 64.7 Å². The van der Waals surface area contributed by atoms with Crippen molar-refractivity contribution in [2.45, 2.75) is 32.9 Å². The monoisotopic (exact) mass is 375 g/mol. The van der Waals surface area contributed by atoms with E-state index in [2.05, 4.69) is 5.32 Å². The summed E-state index contributed by atoms with van der Waals surface area (Å²) in [6.07, 6.45) is 0.0524. The van der Waals surface area contributed by atoms with Crippen LogP contribution in [0.1, 0.15) is 42.7 Å². The van der Waals surface area contributed by atoms with Crippen molar-refractivity contribution in [2.75, 3.05) is 6.61 Å². The van der Waals surface area contributed by atoms with Gasteiger partial charge in [0.25, 0.3) is 5.91 Å². The Morgan fingerprint density at radius 3 is 2.31 bits per heavy atom. The Morgan fingerprint density at radius 2 is 1.69 bits per heavy atom. The van der Waals surface area contributed by atoms with Gasteiger partial charge < -0.3 is 14.8 Å². The maximum Gasteiger partial charge on any atom is 0.338 e. The van der Waals surface area contributed by atoms with Gasteiger partial charge in [-0.05, 0) is 56.7 Å². The second kappa shape index (κ2) is 9.25. The summed E-state index contributed by atoms with van der Waals surface area (Å²) >= 11 is 6.11. The SMILES string of the molecule is CC(C)Oc1ccc(C(=O)OCC(=O)N[C@H](C)c2ccccc2Cl)cc1. The quantitative estimate of drug-likeness (QED) is 0.738. The van der Waals surface area contributed by atoms with Gasteiger partial charge in [0.15, 0.2) is 6.61 Å². The number of carbonyl (C=O) groups is 2. The van der Waals surface area contributed by atoms with Crippen LogP contribution in [0.25, 0.3) is 0 Å². The van der Waals surface area contributed by atoms with E-state index in [1.54, 1.807) is 30.3 Å². The van der Waals surface area contributed by atoms with Gasteiger partial charge in [-0.2, -0.15) is 0 Å². The van der Waals surface area contributed by atoms with Crippen LogP contribution in [-0.4, -0.2) is 24.6 Å². The van der Waals surface area contributed by atoms with Gasteiger partial charge in [-0.25, -0.2) is 4.79 Å². The lowest BCUT2D eigenvalue weighted by atomic mass is 10.1. The van der Waals surface area contributed by atoms with E-state index in [4.69, 9.17) is 21.1 Å². The number of halogens is 1. The summed E-state index contributed by atoms with van der Waals surface area (Å²) in [5, 5.41) is 3.32. The molecular formula is C20H22ClNO4. The Bertz CT molecular complexity index is 759. The Kier molecular flexibility index (Phi) is 7.04. The summed E-state index contributed by atoms with van der Waals surface area (Å²) in [5.74, 6) is -0.296. The van der Waals surface area contributed by atoms with Crippen molar-refractivity contribution in [1.82, 2.24) is 5.32 Å². The molecule has 0 radical (unpaired) electrons. The first-order valence-electron chi connectivity index (χ1n) is 8.34. The minimum Gasteiger partial charge on any atom is -0.491 e. The summed E-state index contributed by atoms with van der Waals surface area (Å²) < 4.78 is 10.6. The number of hydrogen-bond donors (Lipinski definition) is 1. The topological polar surface area (TPSA) is 64.6 Å². The minimum atomic E-state index is -0.568. The van der Waals surface area contributed by atoms with Gasteiger partial charge in [0.1, 0.15) is 5.75 Å². The molecular weight excluding hydrogens is 354 g/mol. The third-order valence-corrected chi connectivity index (χ3v) is 3.89. The molecule has 0 heterocycles. The largest absolute Gasteiger partial charge is 0.491 e. The molecule has 26 heavy (non-hydrogen) atoms. The predicted octanol–water partition coefficient (Wildman–Crippen LogP) is 4.16. The second-order valence-corrected chi connectivity index (χ2v) is 6.49. The first-order valence-corrected chi connectivity index (χ1v) is 8.72. The van der Waals surface area contributed by atoms with Crippen molar-refractivity contribution in [3.63, 3.8) is 0 Å². The molecule has 6 heteroatoms. The van der Waals surface area contributed by atoms with Crippen molar-refractivity contribution < 1.29 is 19.1 Å². The van der Waals surface area contributed by atoms with E-state index in [0.29, 0.717) is 16.3 Å². The van der Waals surface area contributed by atoms with Gasteiger partial charge in [-0.15, -0.1) is 0 Å². The molecule has 0 unspecified atom stereocenters. The molecule has 0 aliphatic carbocycles. The fraction of sp³-hybridized carbons (Fsp3) is 0.300. The molecule has 0 aliphatic heterocycles. The first-order chi connectivity index (χ1) is 12.4. The Hall–Kier alpha value is -2.53. The first kappa shape index (κ1) is 19.8. The number of carbonyl (C=O) groups excluding carboxylic acids is 2. The number of ether oxygens (including phenoxy) is 2. The number of nitrogens with one attached hydrogen (secondary N) is 1. The van der Waals surface area contributed by atoms with Crippen LogP contribution in [0.15, 0.2) is 48.5 Å². The molecule has 0 saturated carbocycles. The van der Waals surface area contributed by atoms with E-state index in [1.807, 2.05) is 39.0 Å². The normalized spacial score (nSPS) is 11.7. The number of amides is 1. The lowest BCUT2D eigenvalue weighted by Gasteiger charge is -2.15. The maximum atomic E-state index is 12.0. The smallest absolute Gasteiger partial charge is 0.338 e. The zero-order chi connectivity index (χ0) is 19.1. The fourth-order valence-electron chi connectivity index (χ4n) is 2.34. The minimum absolute atomic E-state index is 0.0524. The van der Waals surface area contributed by atoms with Crippen LogP contribution in [0.3, 0.4) is 0 Å². The van der Waals surface area contributed by atoms with Crippen LogP contribution >= 0.6 is 11.6 Å². The van der Waals surface area contributed by atoms with Crippen LogP contribution in [0.5, 0.6) is 5.75 Å². The average molecular weight is 376 g/mol. The fourth-order valence-corrected chi connectivity index (χ4v) is 2.64. The molecule has 2 aromatic rings. The number of hydrogen-bond acceptors (Lipinski definition) is 4. The zero-order valence-corrected chi connectivity index (χ0v) is 15.7. The third-order valence-electron chi connectivity index (χ3n) is 3.55. The van der Waals surface area contributed by atoms with Crippen LogP contribution in [-0.2, 0) is 9.53 Å². The van der Waals surface area contributed by atoms with E-state index in [1.165, 1.54) is 0 Å². The summed E-state index contributed by atoms with van der Waals surface area (Å²) in [5.41, 5.74) is 1.16.